The van der Waals surface area contributed by atoms with Crippen molar-refractivity contribution in [3.63, 3.8) is 0 Å². The number of aliphatic carboxylic acids is 1. The van der Waals surface area contributed by atoms with Gasteiger partial charge in [0.25, 0.3) is 0 Å². The molecule has 1 fully saturated rings. The van der Waals surface area contributed by atoms with E-state index in [9.17, 15) is 14.4 Å². The van der Waals surface area contributed by atoms with Crippen molar-refractivity contribution in [3.8, 4) is 11.1 Å². The minimum absolute atomic E-state index is 0.0237. The van der Waals surface area contributed by atoms with Crippen LogP contribution in [0.25, 0.3) is 11.1 Å². The summed E-state index contributed by atoms with van der Waals surface area (Å²) in [6.07, 6.45) is 2.59. The second kappa shape index (κ2) is 10.9. The van der Waals surface area contributed by atoms with E-state index >= 15 is 0 Å². The van der Waals surface area contributed by atoms with Gasteiger partial charge in [-0.25, -0.2) is 4.79 Å². The molecule has 0 bridgehead atoms. The van der Waals surface area contributed by atoms with Crippen molar-refractivity contribution in [2.45, 2.75) is 64.0 Å². The molecule has 0 saturated heterocycles. The summed E-state index contributed by atoms with van der Waals surface area (Å²) >= 11 is 0. The van der Waals surface area contributed by atoms with Crippen molar-refractivity contribution in [2.24, 2.45) is 5.92 Å². The number of hydrogen-bond donors (Lipinski definition) is 2. The molecule has 2 aromatic rings. The quantitative estimate of drug-likeness (QED) is 0.568. The van der Waals surface area contributed by atoms with Crippen LogP contribution < -0.4 is 5.32 Å². The molecular formula is C28H34N2O5. The molecule has 2 N–H and O–H groups in total. The number of fused-ring (bicyclic) bond motifs is 3. The first-order chi connectivity index (χ1) is 16.9. The fraction of sp³-hybridized carbons (Fsp3) is 0.464. The molecule has 2 amide bonds. The number of nitrogens with zero attached hydrogens (tertiary/aromatic N) is 1. The number of carboxylic acids is 1. The van der Waals surface area contributed by atoms with Crippen LogP contribution in [0.3, 0.4) is 0 Å². The van der Waals surface area contributed by atoms with E-state index in [0.717, 1.165) is 24.0 Å². The Hall–Kier alpha value is -3.35. The first kappa shape index (κ1) is 24.8. The van der Waals surface area contributed by atoms with E-state index in [1.165, 1.54) is 11.1 Å². The zero-order valence-corrected chi connectivity index (χ0v) is 20.4. The molecule has 2 aliphatic rings. The Labute approximate surface area is 206 Å². The molecule has 186 valence electrons. The summed E-state index contributed by atoms with van der Waals surface area (Å²) in [5.41, 5.74) is 4.65. The lowest BCUT2D eigenvalue weighted by Crippen LogP contribution is -2.51. The second-order valence-electron chi connectivity index (χ2n) is 9.74. The third-order valence-corrected chi connectivity index (χ3v) is 7.20. The first-order valence-electron chi connectivity index (χ1n) is 12.5. The first-order valence-corrected chi connectivity index (χ1v) is 12.5. The van der Waals surface area contributed by atoms with Crippen LogP contribution in [0.5, 0.6) is 0 Å². The van der Waals surface area contributed by atoms with Gasteiger partial charge in [0.15, 0.2) is 0 Å². The summed E-state index contributed by atoms with van der Waals surface area (Å²) in [4.78, 5) is 38.8. The van der Waals surface area contributed by atoms with Gasteiger partial charge < -0.3 is 20.1 Å². The Morgan fingerprint density at radius 2 is 1.60 bits per heavy atom. The lowest BCUT2D eigenvalue weighted by molar-refractivity contribution is -0.141. The Balaban J connectivity index is 1.41. The third-order valence-electron chi connectivity index (χ3n) is 7.20. The molecular weight excluding hydrogens is 444 g/mol. The molecule has 7 nitrogen and oxygen atoms in total. The number of amides is 2. The Morgan fingerprint density at radius 1 is 1.00 bits per heavy atom. The van der Waals surface area contributed by atoms with Gasteiger partial charge >= 0.3 is 12.1 Å². The molecule has 0 aromatic heterocycles. The highest BCUT2D eigenvalue weighted by Gasteiger charge is 2.36. The van der Waals surface area contributed by atoms with Gasteiger partial charge in [0.05, 0.1) is 12.3 Å². The number of hydrogen-bond acceptors (Lipinski definition) is 4. The van der Waals surface area contributed by atoms with E-state index in [2.05, 4.69) is 29.6 Å². The van der Waals surface area contributed by atoms with Crippen LogP contribution in [0.15, 0.2) is 48.5 Å². The lowest BCUT2D eigenvalue weighted by atomic mass is 9.83. The van der Waals surface area contributed by atoms with Gasteiger partial charge in [0.2, 0.25) is 5.91 Å². The molecule has 2 atom stereocenters. The van der Waals surface area contributed by atoms with E-state index in [4.69, 9.17) is 9.84 Å². The number of alkyl carbamates (subject to hydrolysis) is 1. The van der Waals surface area contributed by atoms with E-state index in [-0.39, 0.29) is 49.4 Å². The summed E-state index contributed by atoms with van der Waals surface area (Å²) in [7, 11) is 0. The molecule has 0 aliphatic heterocycles. The van der Waals surface area contributed by atoms with Crippen molar-refractivity contribution in [1.82, 2.24) is 10.2 Å². The molecule has 4 rings (SSSR count). The largest absolute Gasteiger partial charge is 0.481 e. The SMILES string of the molecule is CC(C)N(CCC(=O)O)C(=O)C1CCCCC1NC(=O)OCC1c2ccccc2-c2ccccc21. The van der Waals surface area contributed by atoms with Crippen LogP contribution in [0.1, 0.15) is 63.0 Å². The zero-order chi connectivity index (χ0) is 24.9. The number of carbonyl (C=O) groups excluding carboxylic acids is 2. The molecule has 7 heteroatoms. The summed E-state index contributed by atoms with van der Waals surface area (Å²) < 4.78 is 5.70. The zero-order valence-electron chi connectivity index (χ0n) is 20.4. The summed E-state index contributed by atoms with van der Waals surface area (Å²) in [5, 5.41) is 12.0. The molecule has 2 aromatic carbocycles. The van der Waals surface area contributed by atoms with Crippen molar-refractivity contribution < 1.29 is 24.2 Å². The van der Waals surface area contributed by atoms with Crippen LogP contribution in [0.4, 0.5) is 4.79 Å². The van der Waals surface area contributed by atoms with Gasteiger partial charge in [-0.3, -0.25) is 9.59 Å². The van der Waals surface area contributed by atoms with Gasteiger partial charge in [0, 0.05) is 24.5 Å². The van der Waals surface area contributed by atoms with Crippen molar-refractivity contribution in [2.75, 3.05) is 13.2 Å². The average molecular weight is 479 g/mol. The van der Waals surface area contributed by atoms with Gasteiger partial charge in [-0.2, -0.15) is 0 Å². The smallest absolute Gasteiger partial charge is 0.407 e. The maximum Gasteiger partial charge on any atom is 0.407 e. The normalized spacial score (nSPS) is 19.1. The number of rotatable bonds is 8. The minimum Gasteiger partial charge on any atom is -0.481 e. The van der Waals surface area contributed by atoms with Crippen molar-refractivity contribution >= 4 is 18.0 Å². The van der Waals surface area contributed by atoms with Crippen LogP contribution >= 0.6 is 0 Å². The highest BCUT2D eigenvalue weighted by molar-refractivity contribution is 5.82. The molecule has 0 spiro atoms. The van der Waals surface area contributed by atoms with Gasteiger partial charge in [-0.1, -0.05) is 61.4 Å². The van der Waals surface area contributed by atoms with Gasteiger partial charge in [-0.15, -0.1) is 0 Å². The maximum atomic E-state index is 13.3. The summed E-state index contributed by atoms with van der Waals surface area (Å²) in [6.45, 7) is 4.16. The van der Waals surface area contributed by atoms with Crippen LogP contribution in [-0.4, -0.2) is 53.2 Å². The second-order valence-corrected chi connectivity index (χ2v) is 9.74. The summed E-state index contributed by atoms with van der Waals surface area (Å²) in [5.74, 6) is -1.42. The topological polar surface area (TPSA) is 95.9 Å². The Kier molecular flexibility index (Phi) is 7.73. The molecule has 0 heterocycles. The van der Waals surface area contributed by atoms with Crippen LogP contribution in [0, 0.1) is 5.92 Å². The van der Waals surface area contributed by atoms with Crippen LogP contribution in [-0.2, 0) is 14.3 Å². The van der Waals surface area contributed by atoms with Gasteiger partial charge in [0.1, 0.15) is 6.61 Å². The van der Waals surface area contributed by atoms with Crippen molar-refractivity contribution in [3.05, 3.63) is 59.7 Å². The molecule has 0 radical (unpaired) electrons. The van der Waals surface area contributed by atoms with E-state index in [0.29, 0.717) is 12.8 Å². The Morgan fingerprint density at radius 3 is 2.20 bits per heavy atom. The standard InChI is InChI=1S/C28H34N2O5/c1-18(2)30(16-15-26(31)32)27(33)23-13-7-8-14-25(23)29-28(34)35-17-24-21-11-5-3-9-19(21)20-10-4-6-12-22(20)24/h3-6,9-12,18,23-25H,7-8,13-17H2,1-2H3,(H,29,34)(H,31,32). The predicted molar refractivity (Wildman–Crippen MR) is 133 cm³/mol. The predicted octanol–water partition coefficient (Wildman–Crippen LogP) is 4.80. The number of carbonyl (C=O) groups is 3. The van der Waals surface area contributed by atoms with E-state index in [1.807, 2.05) is 38.1 Å². The fourth-order valence-electron chi connectivity index (χ4n) is 5.44. The highest BCUT2D eigenvalue weighted by atomic mass is 16.5. The van der Waals surface area contributed by atoms with Gasteiger partial charge in [-0.05, 0) is 48.9 Å². The maximum absolute atomic E-state index is 13.3. The summed E-state index contributed by atoms with van der Waals surface area (Å²) in [6, 6.07) is 15.9. The fourth-order valence-corrected chi connectivity index (χ4v) is 5.44. The van der Waals surface area contributed by atoms with E-state index < -0.39 is 12.1 Å². The molecule has 2 aliphatic carbocycles. The number of nitrogens with one attached hydrogen (secondary N) is 1. The van der Waals surface area contributed by atoms with Crippen molar-refractivity contribution in [1.29, 1.82) is 0 Å². The highest BCUT2D eigenvalue weighted by Crippen LogP contribution is 2.44. The molecule has 1 saturated carbocycles. The Bertz CT molecular complexity index is 1040. The minimum atomic E-state index is -0.930. The molecule has 2 unspecified atom stereocenters. The average Bonchev–Trinajstić information content (AvgIpc) is 3.16. The van der Waals surface area contributed by atoms with E-state index in [1.54, 1.807) is 4.90 Å². The number of carboxylic acid groups (broad SMARTS) is 1. The number of ether oxygens (including phenoxy) is 1. The van der Waals surface area contributed by atoms with Crippen LogP contribution in [0.2, 0.25) is 0 Å². The molecule has 35 heavy (non-hydrogen) atoms. The monoisotopic (exact) mass is 478 g/mol. The number of benzene rings is 2. The lowest BCUT2D eigenvalue weighted by Gasteiger charge is -2.36. The third kappa shape index (κ3) is 5.50.